The molecule has 152 valence electrons. The number of hydrogen-bond acceptors (Lipinski definition) is 5. The highest BCUT2D eigenvalue weighted by Crippen LogP contribution is 2.29. The highest BCUT2D eigenvalue weighted by Gasteiger charge is 2.39. The van der Waals surface area contributed by atoms with Crippen LogP contribution in [0.1, 0.15) is 29.8 Å². The lowest BCUT2D eigenvalue weighted by Crippen LogP contribution is -2.50. The molecule has 0 aliphatic carbocycles. The maximum Gasteiger partial charge on any atom is 0.266 e. The standard InChI is InChI=1S/C17H25N5O3.2ClH/c1-11-13(12(2)22-14(20-11)8-15(23)21-22)9-19-16(24)17(10-25-3)4-6-18-7-5-17;;/h8,18H,4-7,9-10H2,1-3H3,(H,19,24)(H,21,23);2*1H. The van der Waals surface area contributed by atoms with Crippen LogP contribution in [-0.2, 0) is 16.1 Å². The molecule has 0 atom stereocenters. The fourth-order valence-corrected chi connectivity index (χ4v) is 3.59. The number of methoxy groups -OCH3 is 1. The van der Waals surface area contributed by atoms with Crippen molar-refractivity contribution in [2.75, 3.05) is 26.8 Å². The zero-order valence-electron chi connectivity index (χ0n) is 15.8. The molecule has 0 bridgehead atoms. The number of nitrogens with zero attached hydrogens (tertiary/aromatic N) is 2. The van der Waals surface area contributed by atoms with Crippen LogP contribution in [0.25, 0.3) is 5.65 Å². The number of carbonyl (C=O) groups is 1. The summed E-state index contributed by atoms with van der Waals surface area (Å²) in [5.41, 5.74) is 2.50. The summed E-state index contributed by atoms with van der Waals surface area (Å²) in [4.78, 5) is 28.9. The van der Waals surface area contributed by atoms with E-state index in [9.17, 15) is 9.59 Å². The number of aromatic nitrogens is 3. The van der Waals surface area contributed by atoms with E-state index in [1.807, 2.05) is 13.8 Å². The zero-order valence-corrected chi connectivity index (χ0v) is 17.4. The first-order chi connectivity index (χ1) is 12.0. The summed E-state index contributed by atoms with van der Waals surface area (Å²) in [6.07, 6.45) is 1.51. The van der Waals surface area contributed by atoms with E-state index in [2.05, 4.69) is 20.7 Å². The van der Waals surface area contributed by atoms with Gasteiger partial charge in [0.05, 0.1) is 12.0 Å². The average Bonchev–Trinajstić information content (AvgIpc) is 2.96. The number of aryl methyl sites for hydroxylation is 2. The molecule has 0 unspecified atom stereocenters. The molecule has 1 amide bonds. The molecule has 1 aliphatic heterocycles. The number of carbonyl (C=O) groups excluding carboxylic acids is 1. The van der Waals surface area contributed by atoms with E-state index in [-0.39, 0.29) is 36.3 Å². The molecule has 2 aromatic rings. The van der Waals surface area contributed by atoms with Crippen molar-refractivity contribution in [3.63, 3.8) is 0 Å². The van der Waals surface area contributed by atoms with Gasteiger partial charge in [-0.05, 0) is 39.8 Å². The third-order valence-corrected chi connectivity index (χ3v) is 5.09. The average molecular weight is 420 g/mol. The van der Waals surface area contributed by atoms with Crippen molar-refractivity contribution < 1.29 is 9.53 Å². The van der Waals surface area contributed by atoms with E-state index < -0.39 is 5.41 Å². The lowest BCUT2D eigenvalue weighted by Gasteiger charge is -2.35. The predicted octanol–water partition coefficient (Wildman–Crippen LogP) is 1.12. The lowest BCUT2D eigenvalue weighted by atomic mass is 9.78. The Morgan fingerprint density at radius 3 is 2.63 bits per heavy atom. The fraction of sp³-hybridized carbons (Fsp3) is 0.588. The van der Waals surface area contributed by atoms with E-state index in [4.69, 9.17) is 4.74 Å². The molecule has 3 heterocycles. The normalized spacial score (nSPS) is 15.7. The van der Waals surface area contributed by atoms with Crippen LogP contribution in [0.3, 0.4) is 0 Å². The van der Waals surface area contributed by atoms with Crippen LogP contribution >= 0.6 is 24.8 Å². The Labute approximate surface area is 170 Å². The van der Waals surface area contributed by atoms with Crippen LogP contribution in [0.5, 0.6) is 0 Å². The van der Waals surface area contributed by atoms with Gasteiger partial charge in [0.2, 0.25) is 5.91 Å². The van der Waals surface area contributed by atoms with Gasteiger partial charge in [-0.2, -0.15) is 0 Å². The number of ether oxygens (including phenoxy) is 1. The van der Waals surface area contributed by atoms with Crippen molar-refractivity contribution in [1.82, 2.24) is 25.2 Å². The third-order valence-electron chi connectivity index (χ3n) is 5.09. The molecule has 3 N–H and O–H groups in total. The van der Waals surface area contributed by atoms with Crippen LogP contribution in [0.4, 0.5) is 0 Å². The zero-order chi connectivity index (χ0) is 18.0. The van der Waals surface area contributed by atoms with Crippen molar-refractivity contribution in [3.05, 3.63) is 33.4 Å². The SMILES string of the molecule is COCC1(C(=O)NCc2c(C)nc3cc(=O)[nH]n3c2C)CCNCC1.Cl.Cl. The summed E-state index contributed by atoms with van der Waals surface area (Å²) in [5.74, 6) is 0.00995. The van der Waals surface area contributed by atoms with Gasteiger partial charge in [-0.25, -0.2) is 9.50 Å². The molecule has 3 rings (SSSR count). The summed E-state index contributed by atoms with van der Waals surface area (Å²) in [7, 11) is 1.63. The van der Waals surface area contributed by atoms with Crippen LogP contribution < -0.4 is 16.2 Å². The minimum atomic E-state index is -0.485. The Hall–Kier alpha value is -1.61. The highest BCUT2D eigenvalue weighted by atomic mass is 35.5. The van der Waals surface area contributed by atoms with Crippen molar-refractivity contribution in [2.45, 2.75) is 33.2 Å². The second kappa shape index (κ2) is 9.54. The maximum absolute atomic E-state index is 12.9. The van der Waals surface area contributed by atoms with Crippen molar-refractivity contribution in [3.8, 4) is 0 Å². The number of piperidine rings is 1. The number of halogens is 2. The minimum absolute atomic E-state index is 0. The van der Waals surface area contributed by atoms with Gasteiger partial charge in [-0.15, -0.1) is 24.8 Å². The number of fused-ring (bicyclic) bond motifs is 1. The van der Waals surface area contributed by atoms with Crippen LogP contribution in [0.2, 0.25) is 0 Å². The molecule has 0 saturated carbocycles. The quantitative estimate of drug-likeness (QED) is 0.673. The summed E-state index contributed by atoms with van der Waals surface area (Å²) in [6.45, 7) is 6.22. The van der Waals surface area contributed by atoms with Gasteiger partial charge in [0.15, 0.2) is 5.65 Å². The highest BCUT2D eigenvalue weighted by molar-refractivity contribution is 5.85. The van der Waals surface area contributed by atoms with Crippen LogP contribution in [0, 0.1) is 19.3 Å². The molecule has 0 spiro atoms. The van der Waals surface area contributed by atoms with Crippen molar-refractivity contribution >= 4 is 36.4 Å². The topological polar surface area (TPSA) is 101 Å². The van der Waals surface area contributed by atoms with Gasteiger partial charge in [-0.3, -0.25) is 14.7 Å². The summed E-state index contributed by atoms with van der Waals surface area (Å²) < 4.78 is 6.98. The van der Waals surface area contributed by atoms with E-state index in [1.165, 1.54) is 6.07 Å². The van der Waals surface area contributed by atoms with Crippen molar-refractivity contribution in [2.24, 2.45) is 5.41 Å². The second-order valence-electron chi connectivity index (χ2n) is 6.72. The number of H-pyrrole nitrogens is 1. The molecule has 1 fully saturated rings. The molecule has 2 aromatic heterocycles. The molecule has 0 aromatic carbocycles. The third kappa shape index (κ3) is 4.63. The van der Waals surface area contributed by atoms with E-state index >= 15 is 0 Å². The molecular formula is C17H27Cl2N5O3. The van der Waals surface area contributed by atoms with Gasteiger partial charge >= 0.3 is 0 Å². The Kier molecular flexibility index (Phi) is 8.28. The Morgan fingerprint density at radius 2 is 2.00 bits per heavy atom. The molecular weight excluding hydrogens is 393 g/mol. The molecule has 1 saturated heterocycles. The molecule has 1 aliphatic rings. The van der Waals surface area contributed by atoms with Crippen molar-refractivity contribution in [1.29, 1.82) is 0 Å². The Balaban J connectivity index is 0.00000182. The number of nitrogens with one attached hydrogen (secondary N) is 3. The molecule has 27 heavy (non-hydrogen) atoms. The largest absolute Gasteiger partial charge is 0.384 e. The smallest absolute Gasteiger partial charge is 0.266 e. The number of rotatable bonds is 5. The Morgan fingerprint density at radius 1 is 1.33 bits per heavy atom. The summed E-state index contributed by atoms with van der Waals surface area (Å²) in [6, 6.07) is 1.46. The second-order valence-corrected chi connectivity index (χ2v) is 6.72. The van der Waals surface area contributed by atoms with E-state index in [1.54, 1.807) is 11.6 Å². The van der Waals surface area contributed by atoms with Gasteiger partial charge in [0.1, 0.15) is 0 Å². The molecule has 8 nitrogen and oxygen atoms in total. The van der Waals surface area contributed by atoms with E-state index in [0.29, 0.717) is 18.8 Å². The van der Waals surface area contributed by atoms with Gasteiger partial charge in [0, 0.05) is 36.7 Å². The molecule has 10 heteroatoms. The number of aromatic amines is 1. The Bertz CT molecular complexity index is 837. The molecule has 0 radical (unpaired) electrons. The summed E-state index contributed by atoms with van der Waals surface area (Å²) in [5, 5.41) is 9.07. The first kappa shape index (κ1) is 23.4. The van der Waals surface area contributed by atoms with Crippen LogP contribution in [0.15, 0.2) is 10.9 Å². The fourth-order valence-electron chi connectivity index (χ4n) is 3.59. The van der Waals surface area contributed by atoms with Gasteiger partial charge < -0.3 is 15.4 Å². The first-order valence-electron chi connectivity index (χ1n) is 8.53. The summed E-state index contributed by atoms with van der Waals surface area (Å²) >= 11 is 0. The van der Waals surface area contributed by atoms with Crippen LogP contribution in [-0.4, -0.2) is 47.3 Å². The number of amides is 1. The lowest BCUT2D eigenvalue weighted by molar-refractivity contribution is -0.136. The van der Waals surface area contributed by atoms with Gasteiger partial charge in [0.25, 0.3) is 5.56 Å². The predicted molar refractivity (Wildman–Crippen MR) is 108 cm³/mol. The van der Waals surface area contributed by atoms with Gasteiger partial charge in [-0.1, -0.05) is 0 Å². The van der Waals surface area contributed by atoms with E-state index in [0.717, 1.165) is 42.9 Å². The number of hydrogen-bond donors (Lipinski definition) is 3. The maximum atomic E-state index is 12.9. The monoisotopic (exact) mass is 419 g/mol. The first-order valence-corrected chi connectivity index (χ1v) is 8.53. The minimum Gasteiger partial charge on any atom is -0.384 e.